The van der Waals surface area contributed by atoms with E-state index in [0.29, 0.717) is 18.7 Å². The zero-order chi connectivity index (χ0) is 10.1. The number of alkyl halides is 1. The SMILES string of the molecule is Cc1c(N)cnn1C1CCOCC1F. The van der Waals surface area contributed by atoms with Gasteiger partial charge in [0.05, 0.1) is 30.2 Å². The molecule has 0 amide bonds. The average Bonchev–Trinajstić information content (AvgIpc) is 2.49. The fraction of sp³-hybridized carbons (Fsp3) is 0.667. The smallest absolute Gasteiger partial charge is 0.146 e. The third-order valence-corrected chi connectivity index (χ3v) is 2.65. The summed E-state index contributed by atoms with van der Waals surface area (Å²) in [5.74, 6) is 0. The molecule has 0 radical (unpaired) electrons. The standard InChI is InChI=1S/C9H14FN3O/c1-6-8(11)4-12-13(6)9-2-3-14-5-7(9)10/h4,7,9H,2-3,5,11H2,1H3. The second-order valence-corrected chi connectivity index (χ2v) is 3.58. The van der Waals surface area contributed by atoms with Crippen LogP contribution >= 0.6 is 0 Å². The highest BCUT2D eigenvalue weighted by atomic mass is 19.1. The van der Waals surface area contributed by atoms with Gasteiger partial charge in [-0.3, -0.25) is 4.68 Å². The van der Waals surface area contributed by atoms with Crippen LogP contribution in [0.3, 0.4) is 0 Å². The van der Waals surface area contributed by atoms with E-state index in [-0.39, 0.29) is 12.6 Å². The number of hydrogen-bond donors (Lipinski definition) is 1. The average molecular weight is 199 g/mol. The van der Waals surface area contributed by atoms with Crippen molar-refractivity contribution in [3.63, 3.8) is 0 Å². The van der Waals surface area contributed by atoms with Gasteiger partial charge in [0.1, 0.15) is 6.17 Å². The van der Waals surface area contributed by atoms with Crippen molar-refractivity contribution >= 4 is 5.69 Å². The normalized spacial score (nSPS) is 27.9. The molecule has 14 heavy (non-hydrogen) atoms. The van der Waals surface area contributed by atoms with Crippen molar-refractivity contribution in [2.75, 3.05) is 18.9 Å². The minimum Gasteiger partial charge on any atom is -0.396 e. The lowest BCUT2D eigenvalue weighted by molar-refractivity contribution is -0.000677. The largest absolute Gasteiger partial charge is 0.396 e. The maximum Gasteiger partial charge on any atom is 0.146 e. The maximum absolute atomic E-state index is 13.5. The van der Waals surface area contributed by atoms with Gasteiger partial charge in [-0.2, -0.15) is 5.10 Å². The van der Waals surface area contributed by atoms with E-state index in [2.05, 4.69) is 5.10 Å². The summed E-state index contributed by atoms with van der Waals surface area (Å²) in [6.45, 7) is 2.60. The van der Waals surface area contributed by atoms with Gasteiger partial charge in [0.25, 0.3) is 0 Å². The number of rotatable bonds is 1. The summed E-state index contributed by atoms with van der Waals surface area (Å²) < 4.78 is 20.2. The van der Waals surface area contributed by atoms with Crippen molar-refractivity contribution in [2.24, 2.45) is 0 Å². The van der Waals surface area contributed by atoms with Gasteiger partial charge in [-0.05, 0) is 13.3 Å². The Labute approximate surface area is 81.8 Å². The molecule has 1 aliphatic rings. The predicted molar refractivity (Wildman–Crippen MR) is 50.7 cm³/mol. The van der Waals surface area contributed by atoms with Crippen LogP contribution in [0.15, 0.2) is 6.20 Å². The van der Waals surface area contributed by atoms with E-state index in [1.54, 1.807) is 10.9 Å². The van der Waals surface area contributed by atoms with Gasteiger partial charge in [-0.25, -0.2) is 4.39 Å². The Morgan fingerprint density at radius 3 is 3.07 bits per heavy atom. The van der Waals surface area contributed by atoms with Crippen LogP contribution in [0.1, 0.15) is 18.2 Å². The van der Waals surface area contributed by atoms with E-state index in [4.69, 9.17) is 10.5 Å². The predicted octanol–water partition coefficient (Wildman–Crippen LogP) is 1.07. The van der Waals surface area contributed by atoms with Crippen molar-refractivity contribution in [2.45, 2.75) is 25.6 Å². The zero-order valence-electron chi connectivity index (χ0n) is 8.11. The molecule has 1 aromatic rings. The first-order valence-corrected chi connectivity index (χ1v) is 4.71. The minimum atomic E-state index is -0.984. The molecule has 2 atom stereocenters. The van der Waals surface area contributed by atoms with Crippen LogP contribution in [-0.4, -0.2) is 29.2 Å². The van der Waals surface area contributed by atoms with E-state index in [1.807, 2.05) is 6.92 Å². The van der Waals surface area contributed by atoms with Crippen LogP contribution in [0, 0.1) is 6.92 Å². The number of hydrogen-bond acceptors (Lipinski definition) is 3. The third kappa shape index (κ3) is 1.48. The summed E-state index contributed by atoms with van der Waals surface area (Å²) in [5, 5.41) is 4.09. The molecular weight excluding hydrogens is 185 g/mol. The third-order valence-electron chi connectivity index (χ3n) is 2.65. The van der Waals surface area contributed by atoms with Gasteiger partial charge in [0.2, 0.25) is 0 Å². The number of nitrogens with zero attached hydrogens (tertiary/aromatic N) is 2. The van der Waals surface area contributed by atoms with E-state index in [9.17, 15) is 4.39 Å². The van der Waals surface area contributed by atoms with Crippen molar-refractivity contribution in [1.29, 1.82) is 0 Å². The first-order valence-electron chi connectivity index (χ1n) is 4.71. The first-order chi connectivity index (χ1) is 6.70. The topological polar surface area (TPSA) is 53.1 Å². The lowest BCUT2D eigenvalue weighted by atomic mass is 10.1. The number of nitrogen functional groups attached to an aromatic ring is 1. The van der Waals surface area contributed by atoms with E-state index >= 15 is 0 Å². The van der Waals surface area contributed by atoms with Gasteiger partial charge in [-0.15, -0.1) is 0 Å². The molecule has 2 heterocycles. The second-order valence-electron chi connectivity index (χ2n) is 3.58. The molecule has 1 fully saturated rings. The fourth-order valence-corrected chi connectivity index (χ4v) is 1.74. The molecular formula is C9H14FN3O. The summed E-state index contributed by atoms with van der Waals surface area (Å²) in [6, 6.07) is -0.221. The summed E-state index contributed by atoms with van der Waals surface area (Å²) in [6.07, 6.45) is 1.24. The Balaban J connectivity index is 2.24. The molecule has 1 saturated heterocycles. The van der Waals surface area contributed by atoms with Gasteiger partial charge < -0.3 is 10.5 Å². The lowest BCUT2D eigenvalue weighted by Gasteiger charge is -2.27. The highest BCUT2D eigenvalue weighted by Gasteiger charge is 2.28. The molecule has 5 heteroatoms. The molecule has 2 unspecified atom stereocenters. The molecule has 0 aliphatic carbocycles. The highest BCUT2D eigenvalue weighted by Crippen LogP contribution is 2.26. The number of anilines is 1. The maximum atomic E-state index is 13.5. The van der Waals surface area contributed by atoms with Crippen LogP contribution < -0.4 is 5.73 Å². The molecule has 1 aromatic heterocycles. The molecule has 0 spiro atoms. The monoisotopic (exact) mass is 199 g/mol. The quantitative estimate of drug-likeness (QED) is 0.736. The van der Waals surface area contributed by atoms with Crippen molar-refractivity contribution in [3.8, 4) is 0 Å². The van der Waals surface area contributed by atoms with E-state index in [1.165, 1.54) is 0 Å². The Morgan fingerprint density at radius 1 is 1.71 bits per heavy atom. The van der Waals surface area contributed by atoms with Gasteiger partial charge in [-0.1, -0.05) is 0 Å². The van der Waals surface area contributed by atoms with Crippen LogP contribution in [0.4, 0.5) is 10.1 Å². The van der Waals surface area contributed by atoms with E-state index < -0.39 is 6.17 Å². The molecule has 0 bridgehead atoms. The first kappa shape index (κ1) is 9.45. The molecule has 0 saturated carbocycles. The number of aromatic nitrogens is 2. The summed E-state index contributed by atoms with van der Waals surface area (Å²) in [7, 11) is 0. The molecule has 2 rings (SSSR count). The van der Waals surface area contributed by atoms with Crippen molar-refractivity contribution in [3.05, 3.63) is 11.9 Å². The van der Waals surface area contributed by atoms with Gasteiger partial charge in [0.15, 0.2) is 0 Å². The molecule has 1 aliphatic heterocycles. The van der Waals surface area contributed by atoms with Crippen molar-refractivity contribution in [1.82, 2.24) is 9.78 Å². The van der Waals surface area contributed by atoms with E-state index in [0.717, 1.165) is 5.69 Å². The second kappa shape index (κ2) is 3.57. The Morgan fingerprint density at radius 2 is 2.50 bits per heavy atom. The lowest BCUT2D eigenvalue weighted by Crippen LogP contribution is -2.32. The summed E-state index contributed by atoms with van der Waals surface area (Å²) in [5.41, 5.74) is 7.10. The summed E-state index contributed by atoms with van der Waals surface area (Å²) in [4.78, 5) is 0. The Kier molecular flexibility index (Phi) is 2.41. The summed E-state index contributed by atoms with van der Waals surface area (Å²) >= 11 is 0. The van der Waals surface area contributed by atoms with Crippen LogP contribution in [0.5, 0.6) is 0 Å². The molecule has 0 aromatic carbocycles. The Bertz CT molecular complexity index is 326. The zero-order valence-corrected chi connectivity index (χ0v) is 8.11. The number of ether oxygens (including phenoxy) is 1. The molecule has 78 valence electrons. The number of nitrogens with two attached hydrogens (primary N) is 1. The fourth-order valence-electron chi connectivity index (χ4n) is 1.74. The molecule has 4 nitrogen and oxygen atoms in total. The number of halogens is 1. The highest BCUT2D eigenvalue weighted by molar-refractivity contribution is 5.40. The van der Waals surface area contributed by atoms with Gasteiger partial charge in [0, 0.05) is 6.61 Å². The Hall–Kier alpha value is -1.10. The van der Waals surface area contributed by atoms with Gasteiger partial charge >= 0.3 is 0 Å². The van der Waals surface area contributed by atoms with Crippen LogP contribution in [0.2, 0.25) is 0 Å². The molecule has 2 N–H and O–H groups in total. The van der Waals surface area contributed by atoms with Crippen LogP contribution in [0.25, 0.3) is 0 Å². The minimum absolute atomic E-state index is 0.157. The van der Waals surface area contributed by atoms with Crippen LogP contribution in [-0.2, 0) is 4.74 Å². The van der Waals surface area contributed by atoms with Crippen molar-refractivity contribution < 1.29 is 9.13 Å².